The predicted molar refractivity (Wildman–Crippen MR) is 147 cm³/mol. The van der Waals surface area contributed by atoms with Crippen molar-refractivity contribution in [3.8, 4) is 0 Å². The number of hydrogen-bond donors (Lipinski definition) is 4. The number of nitrogen functional groups attached to an aromatic ring is 2. The Balaban J connectivity index is 1.26. The second-order valence-corrected chi connectivity index (χ2v) is 15.2. The van der Waals surface area contributed by atoms with Crippen LogP contribution in [0.25, 0.3) is 22.3 Å². The fourth-order valence-corrected chi connectivity index (χ4v) is 8.02. The van der Waals surface area contributed by atoms with Crippen LogP contribution in [-0.2, 0) is 36.7 Å². The van der Waals surface area contributed by atoms with E-state index in [0.717, 1.165) is 12.7 Å². The van der Waals surface area contributed by atoms with Gasteiger partial charge in [0.2, 0.25) is 6.29 Å². The van der Waals surface area contributed by atoms with Crippen LogP contribution in [0, 0.1) is 0 Å². The first kappa shape index (κ1) is 29.2. The molecule has 0 spiro atoms. The van der Waals surface area contributed by atoms with E-state index in [9.17, 15) is 9.13 Å². The van der Waals surface area contributed by atoms with Crippen molar-refractivity contribution >= 4 is 72.1 Å². The van der Waals surface area contributed by atoms with Crippen LogP contribution >= 0.6 is 38.1 Å². The molecule has 0 saturated carbocycles. The van der Waals surface area contributed by atoms with Gasteiger partial charge >= 0.3 is 13.6 Å². The van der Waals surface area contributed by atoms with Crippen molar-refractivity contribution in [2.24, 2.45) is 0 Å². The maximum atomic E-state index is 15.9. The van der Waals surface area contributed by atoms with Gasteiger partial charge in [-0.3, -0.25) is 27.2 Å². The third-order valence-corrected chi connectivity index (χ3v) is 10.0. The van der Waals surface area contributed by atoms with Gasteiger partial charge < -0.3 is 20.9 Å². The average molecular weight is 681 g/mol. The standard InChI is InChI=1S/C19H20F2N10O8P2S2/c20-7-6-1-34-40(32,42)37-12-8(21)19(36-18(12)31-5-29-10-14(23)25-3-27-16(10)31)39-41(33,43)38-11(7)17(35-6)30-4-28-9-13(22)24-2-26-15(9)30/h2-8,11-12,17-19H,1H2,(H,32,42)(H,33,43)(H2,22,24,26)(H2,23,25,27)/t6-,7-,8+,11-,12-,17-,18-,19-,40+,41+/m1/s1. The minimum Gasteiger partial charge on any atom is -0.382 e. The molecular weight excluding hydrogens is 660 g/mol. The Morgan fingerprint density at radius 3 is 1.91 bits per heavy atom. The van der Waals surface area contributed by atoms with Crippen molar-refractivity contribution in [2.45, 2.75) is 49.4 Å². The molecule has 0 amide bonds. The Morgan fingerprint density at radius 1 is 0.767 bits per heavy atom. The summed E-state index contributed by atoms with van der Waals surface area (Å²) in [4.78, 5) is 24.1. The number of nitrogens with two attached hydrogens (primary N) is 2. The number of aromatic nitrogens is 8. The Kier molecular flexibility index (Phi) is 7.16. The quantitative estimate of drug-likeness (QED) is 0.176. The molecule has 4 bridgehead atoms. The lowest BCUT2D eigenvalue weighted by molar-refractivity contribution is -0.121. The summed E-state index contributed by atoms with van der Waals surface area (Å²) in [6.45, 7) is -9.83. The number of nitrogens with zero attached hydrogens (tertiary/aromatic N) is 8. The van der Waals surface area contributed by atoms with Gasteiger partial charge in [0.25, 0.3) is 0 Å². The highest BCUT2D eigenvalue weighted by molar-refractivity contribution is 8.44. The van der Waals surface area contributed by atoms with E-state index in [-0.39, 0.29) is 34.0 Å². The van der Waals surface area contributed by atoms with Gasteiger partial charge in [-0.25, -0.2) is 47.8 Å². The van der Waals surface area contributed by atoms with E-state index >= 15 is 8.78 Å². The molecule has 3 saturated heterocycles. The monoisotopic (exact) mass is 680 g/mol. The lowest BCUT2D eigenvalue weighted by Gasteiger charge is -2.25. The highest BCUT2D eigenvalue weighted by Gasteiger charge is 2.56. The van der Waals surface area contributed by atoms with Crippen LogP contribution in [0.5, 0.6) is 0 Å². The molecule has 18 nitrogen and oxygen atoms in total. The van der Waals surface area contributed by atoms with E-state index in [4.69, 9.17) is 39.0 Å². The van der Waals surface area contributed by atoms with E-state index in [2.05, 4.69) is 54.4 Å². The molecule has 0 unspecified atom stereocenters. The third kappa shape index (κ3) is 5.08. The van der Waals surface area contributed by atoms with Gasteiger partial charge in [0.1, 0.15) is 42.0 Å². The first-order valence-corrected chi connectivity index (χ1v) is 17.6. The molecule has 3 aliphatic heterocycles. The summed E-state index contributed by atoms with van der Waals surface area (Å²) < 4.78 is 94.2. The molecule has 3 fully saturated rings. The van der Waals surface area contributed by atoms with Crippen LogP contribution in [-0.4, -0.2) is 82.6 Å². The number of ether oxygens (including phenoxy) is 2. The first-order chi connectivity index (χ1) is 20.4. The van der Waals surface area contributed by atoms with Crippen LogP contribution < -0.4 is 11.5 Å². The van der Waals surface area contributed by atoms with Gasteiger partial charge in [-0.05, 0) is 0 Å². The van der Waals surface area contributed by atoms with Gasteiger partial charge in [-0.2, -0.15) is 0 Å². The van der Waals surface area contributed by atoms with Crippen molar-refractivity contribution < 1.29 is 45.5 Å². The zero-order valence-electron chi connectivity index (χ0n) is 21.2. The average Bonchev–Trinajstić information content (AvgIpc) is 3.70. The lowest BCUT2D eigenvalue weighted by atomic mass is 10.1. The Morgan fingerprint density at radius 2 is 1.30 bits per heavy atom. The second-order valence-electron chi connectivity index (χ2n) is 9.49. The number of hydrogen-bond acceptors (Lipinski definition) is 16. The molecule has 4 aromatic heterocycles. The summed E-state index contributed by atoms with van der Waals surface area (Å²) >= 11 is 7.92. The molecule has 7 rings (SSSR count). The second kappa shape index (κ2) is 10.5. The minimum absolute atomic E-state index is 0.0213. The number of anilines is 2. The highest BCUT2D eigenvalue weighted by atomic mass is 32.7. The highest BCUT2D eigenvalue weighted by Crippen LogP contribution is 2.62. The number of fused-ring (bicyclic) bond motifs is 6. The summed E-state index contributed by atoms with van der Waals surface area (Å²) in [6, 6.07) is 0. The number of rotatable bonds is 2. The summed E-state index contributed by atoms with van der Waals surface area (Å²) in [6.07, 6.45) is -9.46. The van der Waals surface area contributed by atoms with Crippen molar-refractivity contribution in [2.75, 3.05) is 18.1 Å². The van der Waals surface area contributed by atoms with Gasteiger partial charge in [0, 0.05) is 0 Å². The maximum absolute atomic E-state index is 15.9. The van der Waals surface area contributed by atoms with Crippen LogP contribution in [0.2, 0.25) is 0 Å². The van der Waals surface area contributed by atoms with Gasteiger partial charge in [-0.15, -0.1) is 0 Å². The van der Waals surface area contributed by atoms with Crippen LogP contribution in [0.3, 0.4) is 0 Å². The third-order valence-electron chi connectivity index (χ3n) is 6.86. The Hall–Kier alpha value is -2.52. The summed E-state index contributed by atoms with van der Waals surface area (Å²) in [5, 5.41) is 0. The molecule has 0 radical (unpaired) electrons. The fraction of sp³-hybridized carbons (Fsp3) is 0.474. The van der Waals surface area contributed by atoms with Crippen molar-refractivity contribution in [3.63, 3.8) is 0 Å². The fourth-order valence-electron chi connectivity index (χ4n) is 4.96. The zero-order valence-corrected chi connectivity index (χ0v) is 24.8. The van der Waals surface area contributed by atoms with Crippen molar-refractivity contribution in [1.29, 1.82) is 0 Å². The van der Waals surface area contributed by atoms with Crippen molar-refractivity contribution in [3.05, 3.63) is 25.3 Å². The number of thiol groups is 2. The Bertz CT molecular complexity index is 1820. The molecule has 3 aliphatic rings. The lowest BCUT2D eigenvalue weighted by Crippen LogP contribution is -2.32. The molecule has 0 aromatic carbocycles. The van der Waals surface area contributed by atoms with Crippen LogP contribution in [0.15, 0.2) is 25.3 Å². The van der Waals surface area contributed by atoms with Gasteiger partial charge in [0.05, 0.1) is 19.3 Å². The smallest absolute Gasteiger partial charge is 0.382 e. The molecule has 10 atom stereocenters. The van der Waals surface area contributed by atoms with E-state index in [0.29, 0.717) is 0 Å². The van der Waals surface area contributed by atoms with E-state index in [1.165, 1.54) is 21.8 Å². The molecule has 7 heterocycles. The largest absolute Gasteiger partial charge is 0.389 e. The Labute approximate surface area is 249 Å². The molecule has 43 heavy (non-hydrogen) atoms. The number of imidazole rings is 2. The summed E-state index contributed by atoms with van der Waals surface area (Å²) in [5.74, 6) is 0.0544. The number of halogens is 2. The molecule has 4 N–H and O–H groups in total. The van der Waals surface area contributed by atoms with E-state index in [1.54, 1.807) is 0 Å². The van der Waals surface area contributed by atoms with Gasteiger partial charge in [-0.1, -0.05) is 24.5 Å². The predicted octanol–water partition coefficient (Wildman–Crippen LogP) is 2.15. The van der Waals surface area contributed by atoms with Crippen molar-refractivity contribution in [1.82, 2.24) is 39.0 Å². The first-order valence-electron chi connectivity index (χ1n) is 12.2. The molecule has 230 valence electrons. The molecule has 24 heteroatoms. The summed E-state index contributed by atoms with van der Waals surface area (Å²) in [7, 11) is 0. The topological polar surface area (TPSA) is 229 Å². The number of alkyl halides is 2. The summed E-state index contributed by atoms with van der Waals surface area (Å²) in [5.41, 5.74) is 12.3. The molecule has 4 aromatic rings. The normalized spacial score (nSPS) is 38.6. The zero-order chi connectivity index (χ0) is 30.3. The van der Waals surface area contributed by atoms with Crippen LogP contribution in [0.4, 0.5) is 20.4 Å². The van der Waals surface area contributed by atoms with Gasteiger partial charge in [0.15, 0.2) is 47.7 Å². The van der Waals surface area contributed by atoms with E-state index in [1.807, 2.05) is 0 Å². The van der Waals surface area contributed by atoms with E-state index < -0.39 is 69.6 Å². The minimum atomic E-state index is -4.66. The molecule has 0 aliphatic carbocycles. The SMILES string of the molecule is Nc1ncnc2c1ncn2[C@@H]1O[C@@H]2O[P@@](=O)(S)O[C@@H]3[C@H](F)[C@@H](CO[P@](=O)(S)O[C@@H]1[C@@H]2F)O[C@H]3n1cnc2c(N)ncnc21. The van der Waals surface area contributed by atoms with Crippen LogP contribution in [0.1, 0.15) is 12.5 Å². The molecular formula is C19H20F2N10O8P2S2. The maximum Gasteiger partial charge on any atom is 0.389 e.